The lowest BCUT2D eigenvalue weighted by Gasteiger charge is -2.12. The third-order valence-electron chi connectivity index (χ3n) is 1.71. The van der Waals surface area contributed by atoms with Gasteiger partial charge in [-0.25, -0.2) is 0 Å². The maximum atomic E-state index is 5.72. The zero-order valence-electron chi connectivity index (χ0n) is 8.27. The molecule has 0 aliphatic heterocycles. The van der Waals surface area contributed by atoms with Crippen LogP contribution < -0.4 is 5.73 Å². The van der Waals surface area contributed by atoms with Gasteiger partial charge in [-0.1, -0.05) is 0 Å². The Labute approximate surface area is 87.8 Å². The molecule has 0 aromatic carbocycles. The normalized spacial score (nSPS) is 10.8. The highest BCUT2D eigenvalue weighted by Gasteiger charge is 2.07. The van der Waals surface area contributed by atoms with Gasteiger partial charge in [0.2, 0.25) is 0 Å². The van der Waals surface area contributed by atoms with Crippen LogP contribution in [-0.2, 0) is 9.47 Å². The van der Waals surface area contributed by atoms with Gasteiger partial charge in [-0.2, -0.15) is 0 Å². The summed E-state index contributed by atoms with van der Waals surface area (Å²) in [5.74, 6) is 0.710. The average Bonchev–Trinajstić information content (AvgIpc) is 2.22. The van der Waals surface area contributed by atoms with Crippen molar-refractivity contribution in [2.45, 2.75) is 11.2 Å². The molecule has 4 nitrogen and oxygen atoms in total. The van der Waals surface area contributed by atoms with E-state index in [1.807, 2.05) is 6.07 Å². The van der Waals surface area contributed by atoms with Gasteiger partial charge in [0.15, 0.2) is 6.29 Å². The van der Waals surface area contributed by atoms with Crippen LogP contribution in [0.25, 0.3) is 0 Å². The van der Waals surface area contributed by atoms with Gasteiger partial charge in [0, 0.05) is 31.1 Å². The van der Waals surface area contributed by atoms with Crippen LogP contribution in [-0.4, -0.2) is 31.2 Å². The first-order valence-corrected chi connectivity index (χ1v) is 5.14. The molecule has 1 rings (SSSR count). The molecule has 0 saturated heterocycles. The van der Waals surface area contributed by atoms with E-state index in [1.54, 1.807) is 38.4 Å². The molecule has 0 radical (unpaired) electrons. The zero-order valence-corrected chi connectivity index (χ0v) is 9.08. The minimum absolute atomic E-state index is 0.201. The molecule has 14 heavy (non-hydrogen) atoms. The number of nitrogen functional groups attached to an aromatic ring is 1. The average molecular weight is 214 g/mol. The van der Waals surface area contributed by atoms with E-state index in [0.717, 1.165) is 4.90 Å². The monoisotopic (exact) mass is 214 g/mol. The molecule has 5 heteroatoms. The van der Waals surface area contributed by atoms with Crippen LogP contribution in [0.5, 0.6) is 0 Å². The number of anilines is 1. The van der Waals surface area contributed by atoms with E-state index >= 15 is 0 Å². The molecule has 78 valence electrons. The molecular weight excluding hydrogens is 200 g/mol. The van der Waals surface area contributed by atoms with Gasteiger partial charge in [-0.15, -0.1) is 11.8 Å². The number of nitrogens with zero attached hydrogens (tertiary/aromatic N) is 1. The Kier molecular flexibility index (Phi) is 4.72. The van der Waals surface area contributed by atoms with Crippen molar-refractivity contribution in [3.63, 3.8) is 0 Å². The summed E-state index contributed by atoms with van der Waals surface area (Å²) in [4.78, 5) is 4.91. The lowest BCUT2D eigenvalue weighted by molar-refractivity contribution is -0.0842. The van der Waals surface area contributed by atoms with Gasteiger partial charge < -0.3 is 15.2 Å². The van der Waals surface area contributed by atoms with Gasteiger partial charge in [0.25, 0.3) is 0 Å². The molecule has 0 atom stereocenters. The zero-order chi connectivity index (χ0) is 10.4. The van der Waals surface area contributed by atoms with Crippen molar-refractivity contribution in [3.8, 4) is 0 Å². The number of methoxy groups -OCH3 is 2. The fraction of sp³-hybridized carbons (Fsp3) is 0.444. The molecule has 0 aliphatic carbocycles. The molecule has 0 spiro atoms. The van der Waals surface area contributed by atoms with Crippen molar-refractivity contribution in [2.75, 3.05) is 25.7 Å². The van der Waals surface area contributed by atoms with Crippen LogP contribution in [0.3, 0.4) is 0 Å². The number of hydrogen-bond donors (Lipinski definition) is 1. The second-order valence-electron chi connectivity index (χ2n) is 2.63. The van der Waals surface area contributed by atoms with E-state index in [0.29, 0.717) is 11.4 Å². The number of aromatic nitrogens is 1. The third-order valence-corrected chi connectivity index (χ3v) is 2.83. The summed E-state index contributed by atoms with van der Waals surface area (Å²) < 4.78 is 10.1. The smallest absolute Gasteiger partial charge is 0.166 e. The number of thioether (sulfide) groups is 1. The van der Waals surface area contributed by atoms with Crippen LogP contribution in [0.4, 0.5) is 5.69 Å². The van der Waals surface area contributed by atoms with Crippen LogP contribution in [0, 0.1) is 0 Å². The number of pyridine rings is 1. The lowest BCUT2D eigenvalue weighted by atomic mass is 10.4. The van der Waals surface area contributed by atoms with E-state index in [1.165, 1.54) is 0 Å². The van der Waals surface area contributed by atoms with Gasteiger partial charge in [0.1, 0.15) is 0 Å². The number of nitrogens with two attached hydrogens (primary N) is 1. The highest BCUT2D eigenvalue weighted by Crippen LogP contribution is 2.24. The first kappa shape index (κ1) is 11.3. The van der Waals surface area contributed by atoms with Crippen LogP contribution in [0.2, 0.25) is 0 Å². The van der Waals surface area contributed by atoms with E-state index in [9.17, 15) is 0 Å². The van der Waals surface area contributed by atoms with Crippen LogP contribution in [0.1, 0.15) is 0 Å². The maximum absolute atomic E-state index is 5.72. The van der Waals surface area contributed by atoms with Crippen molar-refractivity contribution < 1.29 is 9.47 Å². The summed E-state index contributed by atoms with van der Waals surface area (Å²) in [7, 11) is 3.23. The molecule has 2 N–H and O–H groups in total. The van der Waals surface area contributed by atoms with Crippen molar-refractivity contribution >= 4 is 17.4 Å². The summed E-state index contributed by atoms with van der Waals surface area (Å²) in [6.45, 7) is 0. The van der Waals surface area contributed by atoms with Gasteiger partial charge in [-0.05, 0) is 6.07 Å². The summed E-state index contributed by atoms with van der Waals surface area (Å²) in [5, 5.41) is 0. The van der Waals surface area contributed by atoms with Crippen molar-refractivity contribution in [2.24, 2.45) is 0 Å². The minimum atomic E-state index is -0.201. The highest BCUT2D eigenvalue weighted by molar-refractivity contribution is 7.99. The van der Waals surface area contributed by atoms with Gasteiger partial charge >= 0.3 is 0 Å². The quantitative estimate of drug-likeness (QED) is 0.592. The molecule has 1 aromatic rings. The predicted molar refractivity (Wildman–Crippen MR) is 57.2 cm³/mol. The molecule has 0 amide bonds. The Morgan fingerprint density at radius 1 is 1.50 bits per heavy atom. The fourth-order valence-corrected chi connectivity index (χ4v) is 1.88. The fourth-order valence-electron chi connectivity index (χ4n) is 0.915. The number of hydrogen-bond acceptors (Lipinski definition) is 5. The Bertz CT molecular complexity index is 279. The molecule has 0 saturated carbocycles. The summed E-state index contributed by atoms with van der Waals surface area (Å²) in [5.41, 5.74) is 6.41. The number of ether oxygens (including phenoxy) is 2. The molecule has 0 unspecified atom stereocenters. The van der Waals surface area contributed by atoms with Gasteiger partial charge in [-0.3, -0.25) is 4.98 Å². The highest BCUT2D eigenvalue weighted by atomic mass is 32.2. The van der Waals surface area contributed by atoms with E-state index < -0.39 is 0 Å². The Balaban J connectivity index is 2.49. The van der Waals surface area contributed by atoms with Crippen LogP contribution >= 0.6 is 11.8 Å². The Morgan fingerprint density at radius 2 is 2.21 bits per heavy atom. The SMILES string of the molecule is COC(CSc1ccncc1N)OC. The largest absolute Gasteiger partial charge is 0.397 e. The molecular formula is C9H14N2O2S. The summed E-state index contributed by atoms with van der Waals surface area (Å²) in [6.07, 6.45) is 3.15. The molecule has 0 fully saturated rings. The van der Waals surface area contributed by atoms with E-state index in [2.05, 4.69) is 4.98 Å². The molecule has 0 aliphatic rings. The van der Waals surface area contributed by atoms with Gasteiger partial charge in [0.05, 0.1) is 11.9 Å². The minimum Gasteiger partial charge on any atom is -0.397 e. The number of rotatable bonds is 5. The second kappa shape index (κ2) is 5.85. The van der Waals surface area contributed by atoms with Crippen molar-refractivity contribution in [1.82, 2.24) is 4.98 Å². The molecule has 1 aromatic heterocycles. The third kappa shape index (κ3) is 3.17. The Hall–Kier alpha value is -0.780. The topological polar surface area (TPSA) is 57.4 Å². The standard InChI is InChI=1S/C9H14N2O2S/c1-12-9(13-2)6-14-8-3-4-11-5-7(8)10/h3-5,9H,6,10H2,1-2H3. The first-order valence-electron chi connectivity index (χ1n) is 4.15. The first-order chi connectivity index (χ1) is 6.77. The summed E-state index contributed by atoms with van der Waals surface area (Å²) in [6, 6.07) is 1.88. The maximum Gasteiger partial charge on any atom is 0.166 e. The van der Waals surface area contributed by atoms with Crippen molar-refractivity contribution in [1.29, 1.82) is 0 Å². The van der Waals surface area contributed by atoms with Crippen molar-refractivity contribution in [3.05, 3.63) is 18.5 Å². The summed E-state index contributed by atoms with van der Waals surface area (Å²) >= 11 is 1.59. The predicted octanol–water partition coefficient (Wildman–Crippen LogP) is 1.37. The molecule has 0 bridgehead atoms. The van der Waals surface area contributed by atoms with Crippen LogP contribution in [0.15, 0.2) is 23.4 Å². The lowest BCUT2D eigenvalue weighted by Crippen LogP contribution is -2.15. The van der Waals surface area contributed by atoms with E-state index in [-0.39, 0.29) is 6.29 Å². The Morgan fingerprint density at radius 3 is 2.79 bits per heavy atom. The van der Waals surface area contributed by atoms with E-state index in [4.69, 9.17) is 15.2 Å². The second-order valence-corrected chi connectivity index (χ2v) is 3.69. The molecule has 1 heterocycles.